The van der Waals surface area contributed by atoms with Gasteiger partial charge >= 0.3 is 5.97 Å². The molecule has 0 bridgehead atoms. The number of rotatable bonds is 16. The third-order valence-electron chi connectivity index (χ3n) is 5.83. The van der Waals surface area contributed by atoms with E-state index in [1.165, 1.54) is 23.9 Å². The SMILES string of the molecule is CSCC[C@H](NC(=O)[C@H](Cc1ccc(Br)cc1)NC(=O)CNC(=O)CNC(=O)[C@@H](N)Cc1ccc(O)cc1)C(=O)O. The molecule has 2 rings (SSSR count). The van der Waals surface area contributed by atoms with Gasteiger partial charge < -0.3 is 37.2 Å². The van der Waals surface area contributed by atoms with Crippen LogP contribution in [0.4, 0.5) is 0 Å². The monoisotopic (exact) mass is 651 g/mol. The Kier molecular flexibility index (Phi) is 14.1. The van der Waals surface area contributed by atoms with Crippen molar-refractivity contribution >= 4 is 57.3 Å². The van der Waals surface area contributed by atoms with E-state index < -0.39 is 60.8 Å². The van der Waals surface area contributed by atoms with Crippen LogP contribution in [0.25, 0.3) is 0 Å². The number of nitrogens with two attached hydrogens (primary N) is 1. The van der Waals surface area contributed by atoms with Crippen LogP contribution in [0.1, 0.15) is 17.5 Å². The molecule has 0 fully saturated rings. The zero-order chi connectivity index (χ0) is 30.4. The van der Waals surface area contributed by atoms with E-state index in [-0.39, 0.29) is 25.0 Å². The van der Waals surface area contributed by atoms with Gasteiger partial charge in [0.15, 0.2) is 0 Å². The molecule has 222 valence electrons. The molecule has 0 heterocycles. The summed E-state index contributed by atoms with van der Waals surface area (Å²) in [6.07, 6.45) is 2.31. The largest absolute Gasteiger partial charge is 0.508 e. The van der Waals surface area contributed by atoms with Crippen LogP contribution in [-0.4, -0.2) is 83.0 Å². The first kappa shape index (κ1) is 33.6. The Morgan fingerprint density at radius 1 is 0.829 bits per heavy atom. The Labute approximate surface area is 250 Å². The van der Waals surface area contributed by atoms with Crippen molar-refractivity contribution in [3.05, 3.63) is 64.1 Å². The van der Waals surface area contributed by atoms with E-state index in [2.05, 4.69) is 37.2 Å². The highest BCUT2D eigenvalue weighted by Gasteiger charge is 2.27. The standard InChI is InChI=1S/C27H34BrN5O7S/c1-41-11-10-21(27(39)40)33-26(38)22(13-17-2-6-18(28)7-3-17)32-24(36)15-30-23(35)14-31-25(37)20(29)12-16-4-8-19(34)9-5-16/h2-9,20-22,34H,10-15,29H2,1H3,(H,30,35)(H,31,37)(H,32,36)(H,33,38)(H,39,40)/t20-,21-,22-/m0/s1. The van der Waals surface area contributed by atoms with Gasteiger partial charge in [0.1, 0.15) is 17.8 Å². The Hall–Kier alpha value is -3.62. The maximum atomic E-state index is 13.0. The van der Waals surface area contributed by atoms with Gasteiger partial charge in [-0.05, 0) is 60.2 Å². The van der Waals surface area contributed by atoms with Crippen molar-refractivity contribution in [3.8, 4) is 5.75 Å². The molecule has 0 spiro atoms. The van der Waals surface area contributed by atoms with E-state index >= 15 is 0 Å². The minimum Gasteiger partial charge on any atom is -0.508 e. The fourth-order valence-corrected chi connectivity index (χ4v) is 4.33. The molecule has 14 heteroatoms. The van der Waals surface area contributed by atoms with Gasteiger partial charge in [-0.1, -0.05) is 40.2 Å². The van der Waals surface area contributed by atoms with Crippen LogP contribution >= 0.6 is 27.7 Å². The van der Waals surface area contributed by atoms with Crippen molar-refractivity contribution in [1.29, 1.82) is 0 Å². The summed E-state index contributed by atoms with van der Waals surface area (Å²) in [6, 6.07) is 10.1. The van der Waals surface area contributed by atoms with Crippen molar-refractivity contribution < 1.29 is 34.2 Å². The summed E-state index contributed by atoms with van der Waals surface area (Å²) < 4.78 is 0.824. The van der Waals surface area contributed by atoms with Crippen molar-refractivity contribution in [2.45, 2.75) is 37.4 Å². The molecule has 0 aromatic heterocycles. The average molecular weight is 653 g/mol. The minimum absolute atomic E-state index is 0.0860. The number of carboxylic acid groups (broad SMARTS) is 1. The third kappa shape index (κ3) is 12.6. The van der Waals surface area contributed by atoms with Gasteiger partial charge in [0.05, 0.1) is 19.1 Å². The number of carboxylic acids is 1. The predicted octanol–water partition coefficient (Wildman–Crippen LogP) is 0.307. The number of hydrogen-bond donors (Lipinski definition) is 7. The van der Waals surface area contributed by atoms with Crippen LogP contribution in [0.3, 0.4) is 0 Å². The number of carbonyl (C=O) groups is 5. The molecule has 0 saturated heterocycles. The molecule has 0 aliphatic heterocycles. The van der Waals surface area contributed by atoms with Gasteiger partial charge in [-0.15, -0.1) is 0 Å². The summed E-state index contributed by atoms with van der Waals surface area (Å²) in [6.45, 7) is -0.902. The molecule has 2 aromatic carbocycles. The lowest BCUT2D eigenvalue weighted by atomic mass is 10.0. The van der Waals surface area contributed by atoms with E-state index in [1.54, 1.807) is 36.4 Å². The number of hydrogen-bond acceptors (Lipinski definition) is 8. The Morgan fingerprint density at radius 2 is 1.41 bits per heavy atom. The normalized spacial score (nSPS) is 12.9. The number of thioether (sulfide) groups is 1. The molecule has 0 aliphatic carbocycles. The Morgan fingerprint density at radius 3 is 2.02 bits per heavy atom. The quantitative estimate of drug-likeness (QED) is 0.133. The molecule has 0 aliphatic rings. The first-order valence-electron chi connectivity index (χ1n) is 12.6. The molecule has 41 heavy (non-hydrogen) atoms. The van der Waals surface area contributed by atoms with Gasteiger partial charge in [-0.3, -0.25) is 19.2 Å². The van der Waals surface area contributed by atoms with Crippen LogP contribution in [0.2, 0.25) is 0 Å². The molecule has 12 nitrogen and oxygen atoms in total. The van der Waals surface area contributed by atoms with Gasteiger partial charge in [-0.25, -0.2) is 4.79 Å². The summed E-state index contributed by atoms with van der Waals surface area (Å²) in [5, 5.41) is 28.6. The molecular formula is C27H34BrN5O7S. The van der Waals surface area contributed by atoms with Gasteiger partial charge in [-0.2, -0.15) is 11.8 Å². The topological polar surface area (TPSA) is 200 Å². The maximum Gasteiger partial charge on any atom is 0.326 e. The van der Waals surface area contributed by atoms with E-state index in [0.717, 1.165) is 15.6 Å². The van der Waals surface area contributed by atoms with Crippen molar-refractivity contribution in [3.63, 3.8) is 0 Å². The number of amides is 4. The molecule has 0 unspecified atom stereocenters. The van der Waals surface area contributed by atoms with E-state index in [4.69, 9.17) is 5.73 Å². The fraction of sp³-hybridized carbons (Fsp3) is 0.370. The summed E-state index contributed by atoms with van der Waals surface area (Å²) in [7, 11) is 0. The fourth-order valence-electron chi connectivity index (χ4n) is 3.59. The summed E-state index contributed by atoms with van der Waals surface area (Å²) in [4.78, 5) is 61.7. The molecule has 0 radical (unpaired) electrons. The summed E-state index contributed by atoms with van der Waals surface area (Å²) in [5.74, 6) is -3.15. The van der Waals surface area contributed by atoms with Gasteiger partial charge in [0.2, 0.25) is 23.6 Å². The zero-order valence-corrected chi connectivity index (χ0v) is 24.8. The second kappa shape index (κ2) is 17.3. The molecule has 8 N–H and O–H groups in total. The van der Waals surface area contributed by atoms with Crippen LogP contribution < -0.4 is 27.0 Å². The lowest BCUT2D eigenvalue weighted by Gasteiger charge is -2.22. The Balaban J connectivity index is 1.90. The molecule has 2 aromatic rings. The first-order valence-corrected chi connectivity index (χ1v) is 14.8. The number of nitrogens with one attached hydrogen (secondary N) is 4. The van der Waals surface area contributed by atoms with Crippen LogP contribution in [0.15, 0.2) is 53.0 Å². The number of aromatic hydroxyl groups is 1. The average Bonchev–Trinajstić information content (AvgIpc) is 2.94. The smallest absolute Gasteiger partial charge is 0.326 e. The highest BCUT2D eigenvalue weighted by atomic mass is 79.9. The van der Waals surface area contributed by atoms with E-state index in [0.29, 0.717) is 5.75 Å². The second-order valence-electron chi connectivity index (χ2n) is 9.10. The number of phenolic OH excluding ortho intramolecular Hbond substituents is 1. The van der Waals surface area contributed by atoms with Crippen molar-refractivity contribution in [2.24, 2.45) is 5.73 Å². The number of aliphatic carboxylic acids is 1. The highest BCUT2D eigenvalue weighted by Crippen LogP contribution is 2.13. The summed E-state index contributed by atoms with van der Waals surface area (Å²) in [5.41, 5.74) is 7.33. The molecular weight excluding hydrogens is 618 g/mol. The zero-order valence-electron chi connectivity index (χ0n) is 22.4. The first-order chi connectivity index (χ1) is 19.5. The summed E-state index contributed by atoms with van der Waals surface area (Å²) >= 11 is 4.78. The Bertz CT molecular complexity index is 1200. The number of benzene rings is 2. The third-order valence-corrected chi connectivity index (χ3v) is 7.00. The van der Waals surface area contributed by atoms with Crippen LogP contribution in [0.5, 0.6) is 5.75 Å². The van der Waals surface area contributed by atoms with Gasteiger partial charge in [0.25, 0.3) is 0 Å². The number of carbonyl (C=O) groups excluding carboxylic acids is 4. The highest BCUT2D eigenvalue weighted by molar-refractivity contribution is 9.10. The van der Waals surface area contributed by atoms with E-state index in [9.17, 15) is 34.2 Å². The lowest BCUT2D eigenvalue weighted by Crippen LogP contribution is -2.54. The molecule has 4 amide bonds. The van der Waals surface area contributed by atoms with Crippen molar-refractivity contribution in [2.75, 3.05) is 25.1 Å². The van der Waals surface area contributed by atoms with Crippen LogP contribution in [0, 0.1) is 0 Å². The number of halogens is 1. The van der Waals surface area contributed by atoms with Gasteiger partial charge in [0, 0.05) is 10.9 Å². The number of phenols is 1. The minimum atomic E-state index is -1.18. The second-order valence-corrected chi connectivity index (χ2v) is 11.0. The molecule has 3 atom stereocenters. The van der Waals surface area contributed by atoms with Crippen LogP contribution in [-0.2, 0) is 36.8 Å². The van der Waals surface area contributed by atoms with Crippen molar-refractivity contribution in [1.82, 2.24) is 21.3 Å². The lowest BCUT2D eigenvalue weighted by molar-refractivity contribution is -0.142. The van der Waals surface area contributed by atoms with E-state index in [1.807, 2.05) is 6.26 Å². The predicted molar refractivity (Wildman–Crippen MR) is 158 cm³/mol. The molecule has 0 saturated carbocycles. The maximum absolute atomic E-state index is 13.0.